The molecule has 1 aliphatic heterocycles. The minimum absolute atomic E-state index is 0.0242. The number of aryl methyl sites for hydroxylation is 1. The summed E-state index contributed by atoms with van der Waals surface area (Å²) < 4.78 is 0. The number of benzene rings is 1. The third-order valence-electron chi connectivity index (χ3n) is 4.45. The summed E-state index contributed by atoms with van der Waals surface area (Å²) in [5.41, 5.74) is 1.24. The smallest absolute Gasteiger partial charge is 0.252 e. The quantitative estimate of drug-likeness (QED) is 0.895. The maximum Gasteiger partial charge on any atom is 0.252 e. The van der Waals surface area contributed by atoms with Crippen molar-refractivity contribution in [3.8, 4) is 0 Å². The molecule has 20 heavy (non-hydrogen) atoms. The zero-order valence-electron chi connectivity index (χ0n) is 12.0. The van der Waals surface area contributed by atoms with Gasteiger partial charge in [-0.25, -0.2) is 0 Å². The largest absolute Gasteiger partial charge is 0.342 e. The Labute approximate surface area is 119 Å². The second kappa shape index (κ2) is 4.62. The topological polar surface area (TPSA) is 49.4 Å². The molecule has 2 amide bonds. The van der Waals surface area contributed by atoms with E-state index in [1.165, 1.54) is 0 Å². The summed E-state index contributed by atoms with van der Waals surface area (Å²) >= 11 is 0. The molecule has 1 heterocycles. The summed E-state index contributed by atoms with van der Waals surface area (Å²) in [6.45, 7) is 4.33. The minimum Gasteiger partial charge on any atom is -0.342 e. The van der Waals surface area contributed by atoms with Gasteiger partial charge in [0.2, 0.25) is 5.91 Å². The number of carbonyl (C=O) groups is 2. The zero-order valence-corrected chi connectivity index (χ0v) is 12.0. The second-order valence-corrected chi connectivity index (χ2v) is 6.02. The van der Waals surface area contributed by atoms with Crippen LogP contribution in [0.5, 0.6) is 0 Å². The first kappa shape index (κ1) is 13.2. The van der Waals surface area contributed by atoms with E-state index in [9.17, 15) is 9.59 Å². The number of rotatable bonds is 2. The zero-order chi connectivity index (χ0) is 14.3. The van der Waals surface area contributed by atoms with Crippen molar-refractivity contribution in [3.05, 3.63) is 29.8 Å². The maximum absolute atomic E-state index is 13.0. The van der Waals surface area contributed by atoms with Crippen LogP contribution < -0.4 is 10.2 Å². The van der Waals surface area contributed by atoms with Gasteiger partial charge in [-0.05, 0) is 44.2 Å². The van der Waals surface area contributed by atoms with Crippen molar-refractivity contribution in [2.75, 3.05) is 11.4 Å². The van der Waals surface area contributed by atoms with Crippen molar-refractivity contribution in [2.45, 2.75) is 38.6 Å². The molecule has 1 aromatic rings. The lowest BCUT2D eigenvalue weighted by Gasteiger charge is -2.33. The Kier molecular flexibility index (Phi) is 3.04. The summed E-state index contributed by atoms with van der Waals surface area (Å²) in [4.78, 5) is 26.7. The van der Waals surface area contributed by atoms with E-state index in [4.69, 9.17) is 0 Å². The van der Waals surface area contributed by atoms with Crippen LogP contribution in [0.2, 0.25) is 0 Å². The summed E-state index contributed by atoms with van der Waals surface area (Å²) in [7, 11) is 0. The molecule has 4 heteroatoms. The molecule has 0 aromatic heterocycles. The average Bonchev–Trinajstić information content (AvgIpc) is 3.24. The monoisotopic (exact) mass is 272 g/mol. The molecule has 0 bridgehead atoms. The van der Waals surface area contributed by atoms with Crippen LogP contribution in [0.1, 0.15) is 31.7 Å². The number of hydrogen-bond acceptors (Lipinski definition) is 2. The Balaban J connectivity index is 2.00. The van der Waals surface area contributed by atoms with Crippen molar-refractivity contribution >= 4 is 17.5 Å². The molecule has 0 radical (unpaired) electrons. The highest BCUT2D eigenvalue weighted by atomic mass is 16.2. The molecule has 1 N–H and O–H groups in total. The molecule has 1 aliphatic carbocycles. The second-order valence-electron chi connectivity index (χ2n) is 6.02. The first-order valence-electron chi connectivity index (χ1n) is 7.21. The van der Waals surface area contributed by atoms with E-state index in [0.717, 1.165) is 24.1 Å². The van der Waals surface area contributed by atoms with Gasteiger partial charge in [-0.2, -0.15) is 0 Å². The van der Waals surface area contributed by atoms with Crippen LogP contribution in [-0.4, -0.2) is 23.9 Å². The van der Waals surface area contributed by atoms with Gasteiger partial charge in [0.05, 0.1) is 0 Å². The first-order chi connectivity index (χ1) is 9.52. The molecule has 1 saturated heterocycles. The number of hydrogen-bond donors (Lipinski definition) is 1. The van der Waals surface area contributed by atoms with Crippen LogP contribution >= 0.6 is 0 Å². The van der Waals surface area contributed by atoms with Crippen LogP contribution in [0.3, 0.4) is 0 Å². The van der Waals surface area contributed by atoms with Gasteiger partial charge in [-0.3, -0.25) is 9.59 Å². The average molecular weight is 272 g/mol. The highest BCUT2D eigenvalue weighted by Crippen LogP contribution is 2.42. The van der Waals surface area contributed by atoms with Crippen molar-refractivity contribution in [2.24, 2.45) is 5.92 Å². The van der Waals surface area contributed by atoms with Crippen molar-refractivity contribution in [1.29, 1.82) is 0 Å². The standard InChI is InChI=1S/C16H20N2O2/c1-11-5-3-4-6-13(11)18-10-9-14(19)17-16(2,15(18)20)12-7-8-12/h3-6,12H,7-10H2,1-2H3,(H,17,19). The number of nitrogens with zero attached hydrogens (tertiary/aromatic N) is 1. The van der Waals surface area contributed by atoms with Crippen molar-refractivity contribution in [1.82, 2.24) is 5.32 Å². The summed E-state index contributed by atoms with van der Waals surface area (Å²) in [6, 6.07) is 7.85. The molecular formula is C16H20N2O2. The molecule has 1 atom stereocenters. The normalized spacial score (nSPS) is 27.2. The number of para-hydroxylation sites is 1. The minimum atomic E-state index is -0.740. The highest BCUT2D eigenvalue weighted by Gasteiger charge is 2.51. The van der Waals surface area contributed by atoms with Crippen LogP contribution in [0.15, 0.2) is 24.3 Å². The van der Waals surface area contributed by atoms with E-state index in [0.29, 0.717) is 13.0 Å². The van der Waals surface area contributed by atoms with Crippen molar-refractivity contribution < 1.29 is 9.59 Å². The Morgan fingerprint density at radius 2 is 1.95 bits per heavy atom. The number of amides is 2. The Hall–Kier alpha value is -1.84. The predicted octanol–water partition coefficient (Wildman–Crippen LogP) is 2.02. The lowest BCUT2D eigenvalue weighted by atomic mass is 9.93. The summed E-state index contributed by atoms with van der Waals surface area (Å²) in [6.07, 6.45) is 2.40. The number of anilines is 1. The maximum atomic E-state index is 13.0. The molecule has 2 aliphatic rings. The van der Waals surface area contributed by atoms with Crippen molar-refractivity contribution in [3.63, 3.8) is 0 Å². The summed E-state index contributed by atoms with van der Waals surface area (Å²) in [5.74, 6) is 0.285. The van der Waals surface area contributed by atoms with Crippen LogP contribution in [-0.2, 0) is 9.59 Å². The molecule has 2 fully saturated rings. The molecule has 4 nitrogen and oxygen atoms in total. The lowest BCUT2D eigenvalue weighted by Crippen LogP contribution is -2.57. The summed E-state index contributed by atoms with van der Waals surface area (Å²) in [5, 5.41) is 2.96. The van der Waals surface area contributed by atoms with Gasteiger partial charge in [-0.1, -0.05) is 18.2 Å². The fourth-order valence-corrected chi connectivity index (χ4v) is 3.03. The van der Waals surface area contributed by atoms with E-state index < -0.39 is 5.54 Å². The third-order valence-corrected chi connectivity index (χ3v) is 4.45. The van der Waals surface area contributed by atoms with Gasteiger partial charge in [0.1, 0.15) is 5.54 Å². The van der Waals surface area contributed by atoms with E-state index >= 15 is 0 Å². The van der Waals surface area contributed by atoms with E-state index in [1.807, 2.05) is 38.1 Å². The first-order valence-corrected chi connectivity index (χ1v) is 7.21. The predicted molar refractivity (Wildman–Crippen MR) is 77.4 cm³/mol. The van der Waals surface area contributed by atoms with Gasteiger partial charge in [0.25, 0.3) is 5.91 Å². The van der Waals surface area contributed by atoms with E-state index in [2.05, 4.69) is 5.32 Å². The van der Waals surface area contributed by atoms with Gasteiger partial charge in [0.15, 0.2) is 0 Å². The number of nitrogens with one attached hydrogen (secondary N) is 1. The Morgan fingerprint density at radius 1 is 1.25 bits per heavy atom. The van der Waals surface area contributed by atoms with E-state index in [1.54, 1.807) is 4.90 Å². The van der Waals surface area contributed by atoms with E-state index in [-0.39, 0.29) is 17.7 Å². The molecule has 1 saturated carbocycles. The van der Waals surface area contributed by atoms with Gasteiger partial charge >= 0.3 is 0 Å². The fraction of sp³-hybridized carbons (Fsp3) is 0.500. The Bertz CT molecular complexity index is 565. The molecule has 3 rings (SSSR count). The highest BCUT2D eigenvalue weighted by molar-refractivity contribution is 6.04. The van der Waals surface area contributed by atoms with Crippen LogP contribution in [0, 0.1) is 12.8 Å². The molecule has 1 aromatic carbocycles. The SMILES string of the molecule is Cc1ccccc1N1CCC(=O)NC(C)(C2CC2)C1=O. The number of carbonyl (C=O) groups excluding carboxylic acids is 2. The molecule has 106 valence electrons. The van der Waals surface area contributed by atoms with Crippen LogP contribution in [0.25, 0.3) is 0 Å². The van der Waals surface area contributed by atoms with Gasteiger partial charge < -0.3 is 10.2 Å². The fourth-order valence-electron chi connectivity index (χ4n) is 3.03. The van der Waals surface area contributed by atoms with Gasteiger partial charge in [-0.15, -0.1) is 0 Å². The molecule has 0 spiro atoms. The molecular weight excluding hydrogens is 252 g/mol. The Morgan fingerprint density at radius 3 is 2.60 bits per heavy atom. The lowest BCUT2D eigenvalue weighted by molar-refractivity contribution is -0.130. The molecule has 1 unspecified atom stereocenters. The van der Waals surface area contributed by atoms with Crippen LogP contribution in [0.4, 0.5) is 5.69 Å². The third kappa shape index (κ3) is 2.09. The van der Waals surface area contributed by atoms with Gasteiger partial charge in [0, 0.05) is 18.7 Å².